The summed E-state index contributed by atoms with van der Waals surface area (Å²) in [6.07, 6.45) is 2.11. The van der Waals surface area contributed by atoms with Gasteiger partial charge in [-0.25, -0.2) is 0 Å². The fourth-order valence-electron chi connectivity index (χ4n) is 2.27. The van der Waals surface area contributed by atoms with Crippen LogP contribution in [0, 0.1) is 0 Å². The molecule has 0 aliphatic rings. The molecule has 3 rings (SSSR count). The third-order valence-electron chi connectivity index (χ3n) is 3.30. The number of carbonyl (C=O) groups is 1. The molecule has 3 aromatic rings. The van der Waals surface area contributed by atoms with E-state index >= 15 is 0 Å². The van der Waals surface area contributed by atoms with Gasteiger partial charge in [-0.05, 0) is 29.3 Å². The molecule has 106 valence electrons. The van der Waals surface area contributed by atoms with Crippen molar-refractivity contribution in [2.75, 3.05) is 0 Å². The summed E-state index contributed by atoms with van der Waals surface area (Å²) in [4.78, 5) is 15.1. The topological polar surface area (TPSA) is 42.1 Å². The van der Waals surface area contributed by atoms with Gasteiger partial charge in [0.2, 0.25) is 0 Å². The Labute approximate surface area is 127 Å². The second kappa shape index (κ2) is 6.02. The summed E-state index contributed by atoms with van der Waals surface area (Å²) < 4.78 is 5.29. The van der Waals surface area contributed by atoms with E-state index in [1.165, 1.54) is 0 Å². The van der Waals surface area contributed by atoms with Crippen LogP contribution in [0.15, 0.2) is 54.7 Å². The first-order valence-electron chi connectivity index (χ1n) is 6.67. The average Bonchev–Trinajstić information content (AvgIpc) is 2.89. The van der Waals surface area contributed by atoms with E-state index in [0.29, 0.717) is 5.02 Å². The fraction of sp³-hybridized carbons (Fsp3) is 0.118. The predicted octanol–water partition coefficient (Wildman–Crippen LogP) is 4.11. The van der Waals surface area contributed by atoms with Crippen molar-refractivity contribution in [2.24, 2.45) is 0 Å². The van der Waals surface area contributed by atoms with Gasteiger partial charge in [-0.1, -0.05) is 41.9 Å². The Bertz CT molecular complexity index is 779. The summed E-state index contributed by atoms with van der Waals surface area (Å²) in [7, 11) is 0. The zero-order valence-electron chi connectivity index (χ0n) is 11.3. The second-order valence-electron chi connectivity index (χ2n) is 4.83. The number of halogens is 1. The Kier molecular flexibility index (Phi) is 3.93. The van der Waals surface area contributed by atoms with Gasteiger partial charge in [0.1, 0.15) is 6.61 Å². The molecule has 1 heterocycles. The number of hydrogen-bond donors (Lipinski definition) is 1. The van der Waals surface area contributed by atoms with Crippen LogP contribution in [0.1, 0.15) is 11.1 Å². The molecular formula is C17H14ClNO2. The van der Waals surface area contributed by atoms with Crippen LogP contribution in [0.25, 0.3) is 10.9 Å². The average molecular weight is 300 g/mol. The maximum atomic E-state index is 11.9. The van der Waals surface area contributed by atoms with Crippen molar-refractivity contribution in [3.63, 3.8) is 0 Å². The molecule has 4 heteroatoms. The molecule has 0 saturated heterocycles. The number of ether oxygens (including phenoxy) is 1. The number of para-hydroxylation sites is 1. The lowest BCUT2D eigenvalue weighted by Crippen LogP contribution is -2.07. The van der Waals surface area contributed by atoms with E-state index in [2.05, 4.69) is 4.98 Å². The maximum absolute atomic E-state index is 11.9. The van der Waals surface area contributed by atoms with Crippen LogP contribution in [0.4, 0.5) is 0 Å². The quantitative estimate of drug-likeness (QED) is 0.737. The largest absolute Gasteiger partial charge is 0.461 e. The van der Waals surface area contributed by atoms with Gasteiger partial charge in [0.25, 0.3) is 0 Å². The van der Waals surface area contributed by atoms with E-state index in [1.807, 2.05) is 42.6 Å². The minimum absolute atomic E-state index is 0.238. The van der Waals surface area contributed by atoms with Gasteiger partial charge in [0.15, 0.2) is 0 Å². The lowest BCUT2D eigenvalue weighted by atomic mass is 10.1. The predicted molar refractivity (Wildman–Crippen MR) is 83.3 cm³/mol. The van der Waals surface area contributed by atoms with E-state index in [4.69, 9.17) is 16.3 Å². The number of fused-ring (bicyclic) bond motifs is 1. The van der Waals surface area contributed by atoms with Crippen LogP contribution in [-0.4, -0.2) is 11.0 Å². The highest BCUT2D eigenvalue weighted by molar-refractivity contribution is 6.30. The molecule has 0 bridgehead atoms. The molecule has 21 heavy (non-hydrogen) atoms. The van der Waals surface area contributed by atoms with Crippen molar-refractivity contribution in [3.8, 4) is 0 Å². The van der Waals surface area contributed by atoms with Crippen LogP contribution >= 0.6 is 11.6 Å². The van der Waals surface area contributed by atoms with Crippen LogP contribution in [0.2, 0.25) is 5.02 Å². The van der Waals surface area contributed by atoms with Crippen LogP contribution in [-0.2, 0) is 22.6 Å². The lowest BCUT2D eigenvalue weighted by molar-refractivity contribution is -0.144. The number of esters is 1. The molecule has 0 fully saturated rings. The van der Waals surface area contributed by atoms with Crippen molar-refractivity contribution in [2.45, 2.75) is 13.0 Å². The van der Waals surface area contributed by atoms with Crippen LogP contribution in [0.3, 0.4) is 0 Å². The Morgan fingerprint density at radius 2 is 2.00 bits per heavy atom. The molecule has 0 amide bonds. The Balaban J connectivity index is 1.64. The fourth-order valence-corrected chi connectivity index (χ4v) is 2.49. The van der Waals surface area contributed by atoms with Gasteiger partial charge < -0.3 is 9.72 Å². The molecule has 0 aliphatic heterocycles. The molecule has 3 nitrogen and oxygen atoms in total. The highest BCUT2D eigenvalue weighted by Gasteiger charge is 2.09. The SMILES string of the molecule is O=C(Cc1c[nH]c2ccccc12)OCc1cccc(Cl)c1. The monoisotopic (exact) mass is 299 g/mol. The van der Waals surface area contributed by atoms with Crippen molar-refractivity contribution in [3.05, 3.63) is 70.9 Å². The smallest absolute Gasteiger partial charge is 0.310 e. The number of hydrogen-bond acceptors (Lipinski definition) is 2. The number of H-pyrrole nitrogens is 1. The normalized spacial score (nSPS) is 10.7. The van der Waals surface area contributed by atoms with Gasteiger partial charge in [0, 0.05) is 22.1 Å². The van der Waals surface area contributed by atoms with Crippen molar-refractivity contribution < 1.29 is 9.53 Å². The summed E-state index contributed by atoms with van der Waals surface area (Å²) >= 11 is 5.90. The third kappa shape index (κ3) is 3.26. The van der Waals surface area contributed by atoms with Gasteiger partial charge in [-0.15, -0.1) is 0 Å². The van der Waals surface area contributed by atoms with E-state index in [1.54, 1.807) is 12.1 Å². The summed E-state index contributed by atoms with van der Waals surface area (Å²) in [5.74, 6) is -0.250. The lowest BCUT2D eigenvalue weighted by Gasteiger charge is -2.05. The zero-order valence-corrected chi connectivity index (χ0v) is 12.1. The van der Waals surface area contributed by atoms with Gasteiger partial charge in [0.05, 0.1) is 6.42 Å². The molecule has 0 spiro atoms. The summed E-state index contributed by atoms with van der Waals surface area (Å²) in [5.41, 5.74) is 2.85. The van der Waals surface area contributed by atoms with Crippen molar-refractivity contribution >= 4 is 28.5 Å². The maximum Gasteiger partial charge on any atom is 0.310 e. The molecule has 0 unspecified atom stereocenters. The van der Waals surface area contributed by atoms with E-state index in [-0.39, 0.29) is 19.0 Å². The summed E-state index contributed by atoms with van der Waals surface area (Å²) in [6, 6.07) is 15.2. The number of carbonyl (C=O) groups excluding carboxylic acids is 1. The van der Waals surface area contributed by atoms with Crippen molar-refractivity contribution in [1.29, 1.82) is 0 Å². The first kappa shape index (κ1) is 13.7. The van der Waals surface area contributed by atoms with Crippen LogP contribution < -0.4 is 0 Å². The first-order valence-corrected chi connectivity index (χ1v) is 7.05. The van der Waals surface area contributed by atoms with Gasteiger partial charge in [-0.2, -0.15) is 0 Å². The first-order chi connectivity index (χ1) is 10.2. The Hall–Kier alpha value is -2.26. The van der Waals surface area contributed by atoms with E-state index in [9.17, 15) is 4.79 Å². The minimum atomic E-state index is -0.250. The molecule has 1 aromatic heterocycles. The molecule has 0 saturated carbocycles. The van der Waals surface area contributed by atoms with Crippen LogP contribution in [0.5, 0.6) is 0 Å². The number of rotatable bonds is 4. The number of nitrogens with one attached hydrogen (secondary N) is 1. The van der Waals surface area contributed by atoms with Gasteiger partial charge >= 0.3 is 5.97 Å². The Morgan fingerprint density at radius 3 is 2.86 bits per heavy atom. The molecule has 0 aliphatic carbocycles. The molecule has 1 N–H and O–H groups in total. The summed E-state index contributed by atoms with van der Waals surface area (Å²) in [6.45, 7) is 0.238. The molecule has 0 atom stereocenters. The number of benzene rings is 2. The molecular weight excluding hydrogens is 286 g/mol. The highest BCUT2D eigenvalue weighted by Crippen LogP contribution is 2.18. The molecule has 0 radical (unpaired) electrons. The Morgan fingerprint density at radius 1 is 1.14 bits per heavy atom. The van der Waals surface area contributed by atoms with E-state index in [0.717, 1.165) is 22.0 Å². The van der Waals surface area contributed by atoms with Crippen molar-refractivity contribution in [1.82, 2.24) is 4.98 Å². The molecule has 2 aromatic carbocycles. The standard InChI is InChI=1S/C17H14ClNO2/c18-14-5-3-4-12(8-14)11-21-17(20)9-13-10-19-16-7-2-1-6-15(13)16/h1-8,10,19H,9,11H2. The minimum Gasteiger partial charge on any atom is -0.461 e. The number of aromatic nitrogens is 1. The second-order valence-corrected chi connectivity index (χ2v) is 5.26. The third-order valence-corrected chi connectivity index (χ3v) is 3.53. The summed E-state index contributed by atoms with van der Waals surface area (Å²) in [5, 5.41) is 1.69. The number of aromatic amines is 1. The van der Waals surface area contributed by atoms with E-state index < -0.39 is 0 Å². The van der Waals surface area contributed by atoms with Gasteiger partial charge in [-0.3, -0.25) is 4.79 Å². The highest BCUT2D eigenvalue weighted by atomic mass is 35.5. The zero-order chi connectivity index (χ0) is 14.7.